The Morgan fingerprint density at radius 3 is 2.00 bits per heavy atom. The van der Waals surface area contributed by atoms with Crippen molar-refractivity contribution in [3.63, 3.8) is 0 Å². The molecule has 0 unspecified atom stereocenters. The van der Waals surface area contributed by atoms with E-state index < -0.39 is 5.60 Å². The number of urea groups is 1. The van der Waals surface area contributed by atoms with Gasteiger partial charge in [-0.2, -0.15) is 0 Å². The normalized spacial score (nSPS) is 17.7. The topological polar surface area (TPSA) is 84.9 Å². The van der Waals surface area contributed by atoms with Gasteiger partial charge in [-0.3, -0.25) is 4.79 Å². The molecule has 44 heavy (non-hydrogen) atoms. The minimum atomic E-state index is -0.820. The van der Waals surface area contributed by atoms with Crippen molar-refractivity contribution in [3.8, 4) is 0 Å². The van der Waals surface area contributed by atoms with E-state index in [9.17, 15) is 14.7 Å². The van der Waals surface area contributed by atoms with Crippen molar-refractivity contribution in [3.05, 3.63) is 107 Å². The summed E-state index contributed by atoms with van der Waals surface area (Å²) in [7, 11) is 1.64. The highest BCUT2D eigenvalue weighted by Gasteiger charge is 2.37. The third-order valence-corrected chi connectivity index (χ3v) is 9.98. The van der Waals surface area contributed by atoms with E-state index >= 15 is 0 Å². The number of nitrogens with zero attached hydrogens (tertiary/aromatic N) is 2. The second kappa shape index (κ2) is 14.6. The molecule has 0 aromatic heterocycles. The van der Waals surface area contributed by atoms with Gasteiger partial charge in [0.15, 0.2) is 0 Å². The lowest BCUT2D eigenvalue weighted by atomic mass is 9.71. The predicted molar refractivity (Wildman–Crippen MR) is 176 cm³/mol. The first-order valence-electron chi connectivity index (χ1n) is 15.9. The zero-order valence-electron chi connectivity index (χ0n) is 25.7. The fourth-order valence-corrected chi connectivity index (χ4v) is 7.07. The summed E-state index contributed by atoms with van der Waals surface area (Å²) in [5.74, 6) is -0.0387. The Morgan fingerprint density at radius 1 is 0.886 bits per heavy atom. The molecule has 2 heterocycles. The minimum absolute atomic E-state index is 0.0651. The summed E-state index contributed by atoms with van der Waals surface area (Å²) >= 11 is 6.07. The number of hydrogen-bond donors (Lipinski definition) is 3. The van der Waals surface area contributed by atoms with Crippen molar-refractivity contribution in [1.29, 1.82) is 0 Å². The number of likely N-dealkylation sites (tertiary alicyclic amines) is 2. The maximum absolute atomic E-state index is 13.5. The molecule has 0 atom stereocenters. The van der Waals surface area contributed by atoms with Crippen LogP contribution in [0.3, 0.4) is 0 Å². The fraction of sp³-hybridized carbons (Fsp3) is 0.444. The molecule has 8 heteroatoms. The van der Waals surface area contributed by atoms with E-state index in [2.05, 4.69) is 64.1 Å². The average molecular weight is 617 g/mol. The largest absolute Gasteiger partial charge is 0.385 e. The molecule has 3 aromatic rings. The molecule has 0 saturated carbocycles. The monoisotopic (exact) mass is 616 g/mol. The van der Waals surface area contributed by atoms with Gasteiger partial charge in [0.05, 0.1) is 5.60 Å². The Bertz CT molecular complexity index is 1310. The Morgan fingerprint density at radius 2 is 1.45 bits per heavy atom. The van der Waals surface area contributed by atoms with Crippen LogP contribution in [0.15, 0.2) is 84.9 Å². The SMILES string of the molecule is CNC(=O)N1CCC(C(=O)NCC(CCCN2CCC(O)(c3ccc(Cl)cc3)CC2)(c2ccccc2)c2ccccc2)CC1. The Labute approximate surface area is 266 Å². The van der Waals surface area contributed by atoms with Crippen molar-refractivity contribution in [1.82, 2.24) is 20.4 Å². The van der Waals surface area contributed by atoms with Crippen molar-refractivity contribution in [2.24, 2.45) is 5.92 Å². The molecule has 0 spiro atoms. The molecule has 234 valence electrons. The molecule has 7 nitrogen and oxygen atoms in total. The number of rotatable bonds is 10. The molecule has 3 aromatic carbocycles. The third-order valence-electron chi connectivity index (χ3n) is 9.73. The second-order valence-corrected chi connectivity index (χ2v) is 12.8. The van der Waals surface area contributed by atoms with Crippen molar-refractivity contribution >= 4 is 23.5 Å². The van der Waals surface area contributed by atoms with Crippen LogP contribution in [0, 0.1) is 5.92 Å². The smallest absolute Gasteiger partial charge is 0.317 e. The number of halogens is 1. The van der Waals surface area contributed by atoms with Crippen LogP contribution in [0.1, 0.15) is 55.2 Å². The maximum atomic E-state index is 13.5. The number of piperidine rings is 2. The molecule has 3 amide bonds. The quantitative estimate of drug-likeness (QED) is 0.279. The molecule has 0 bridgehead atoms. The van der Waals surface area contributed by atoms with Gasteiger partial charge in [-0.05, 0) is 73.9 Å². The number of amides is 3. The van der Waals surface area contributed by atoms with Crippen molar-refractivity contribution in [2.45, 2.75) is 49.5 Å². The molecule has 2 aliphatic rings. The summed E-state index contributed by atoms with van der Waals surface area (Å²) in [6.45, 7) is 4.25. The Hall–Kier alpha value is -3.39. The summed E-state index contributed by atoms with van der Waals surface area (Å²) in [5, 5.41) is 18.1. The average Bonchev–Trinajstić information content (AvgIpc) is 3.08. The van der Waals surface area contributed by atoms with E-state index in [-0.39, 0.29) is 23.3 Å². The molecular weight excluding hydrogens is 572 g/mol. The van der Waals surface area contributed by atoms with E-state index in [0.717, 1.165) is 38.0 Å². The van der Waals surface area contributed by atoms with Crippen LogP contribution in [0.2, 0.25) is 5.02 Å². The highest BCUT2D eigenvalue weighted by atomic mass is 35.5. The van der Waals surface area contributed by atoms with Gasteiger partial charge in [0, 0.05) is 56.1 Å². The van der Waals surface area contributed by atoms with E-state index in [1.807, 2.05) is 36.4 Å². The van der Waals surface area contributed by atoms with Gasteiger partial charge in [-0.25, -0.2) is 4.79 Å². The van der Waals surface area contributed by atoms with Crippen molar-refractivity contribution in [2.75, 3.05) is 46.3 Å². The Kier molecular flexibility index (Phi) is 10.6. The highest BCUT2D eigenvalue weighted by molar-refractivity contribution is 6.30. The van der Waals surface area contributed by atoms with E-state index in [1.165, 1.54) is 11.1 Å². The first-order chi connectivity index (χ1) is 21.3. The number of aliphatic hydroxyl groups is 1. The summed E-state index contributed by atoms with van der Waals surface area (Å²) < 4.78 is 0. The lowest BCUT2D eigenvalue weighted by molar-refractivity contribution is -0.126. The summed E-state index contributed by atoms with van der Waals surface area (Å²) in [5.41, 5.74) is 2.11. The van der Waals surface area contributed by atoms with Gasteiger partial charge in [0.25, 0.3) is 0 Å². The number of nitrogens with one attached hydrogen (secondary N) is 2. The van der Waals surface area contributed by atoms with Gasteiger partial charge < -0.3 is 25.5 Å². The van der Waals surface area contributed by atoms with Crippen LogP contribution in [0.25, 0.3) is 0 Å². The maximum Gasteiger partial charge on any atom is 0.317 e. The van der Waals surface area contributed by atoms with Gasteiger partial charge >= 0.3 is 6.03 Å². The number of carbonyl (C=O) groups is 2. The van der Waals surface area contributed by atoms with Crippen LogP contribution in [-0.4, -0.2) is 73.2 Å². The summed E-state index contributed by atoms with van der Waals surface area (Å²) in [6.07, 6.45) is 4.52. The molecule has 2 aliphatic heterocycles. The lowest BCUT2D eigenvalue weighted by Crippen LogP contribution is -2.48. The molecule has 0 radical (unpaired) electrons. The molecule has 5 rings (SSSR count). The second-order valence-electron chi connectivity index (χ2n) is 12.3. The minimum Gasteiger partial charge on any atom is -0.385 e. The molecule has 2 saturated heterocycles. The summed E-state index contributed by atoms with van der Waals surface area (Å²) in [6, 6.07) is 28.6. The van der Waals surface area contributed by atoms with E-state index in [0.29, 0.717) is 50.3 Å². The van der Waals surface area contributed by atoms with Gasteiger partial charge in [-0.1, -0.05) is 84.4 Å². The lowest BCUT2D eigenvalue weighted by Gasteiger charge is -2.40. The number of hydrogen-bond acceptors (Lipinski definition) is 4. The van der Waals surface area contributed by atoms with E-state index in [4.69, 9.17) is 11.6 Å². The zero-order chi connectivity index (χ0) is 31.0. The number of benzene rings is 3. The van der Waals surface area contributed by atoms with Gasteiger partial charge in [0.2, 0.25) is 5.91 Å². The summed E-state index contributed by atoms with van der Waals surface area (Å²) in [4.78, 5) is 29.8. The van der Waals surface area contributed by atoms with Gasteiger partial charge in [-0.15, -0.1) is 0 Å². The third kappa shape index (κ3) is 7.45. The van der Waals surface area contributed by atoms with Gasteiger partial charge in [0.1, 0.15) is 0 Å². The van der Waals surface area contributed by atoms with Crippen LogP contribution < -0.4 is 10.6 Å². The molecule has 2 fully saturated rings. The fourth-order valence-electron chi connectivity index (χ4n) is 6.95. The highest BCUT2D eigenvalue weighted by Crippen LogP contribution is 2.38. The molecular formula is C36H45ClN4O3. The van der Waals surface area contributed by atoms with Crippen molar-refractivity contribution < 1.29 is 14.7 Å². The first-order valence-corrected chi connectivity index (χ1v) is 16.3. The van der Waals surface area contributed by atoms with Crippen LogP contribution in [0.4, 0.5) is 4.79 Å². The Balaban J connectivity index is 1.27. The van der Waals surface area contributed by atoms with Crippen LogP contribution in [0.5, 0.6) is 0 Å². The van der Waals surface area contributed by atoms with E-state index in [1.54, 1.807) is 11.9 Å². The predicted octanol–water partition coefficient (Wildman–Crippen LogP) is 5.56. The standard InChI is InChI=1S/C36H45ClN4O3/c1-38-34(43)41-23-17-28(18-24-41)33(42)39-27-35(29-9-4-2-5-10-29,30-11-6-3-7-12-30)19-8-22-40-25-20-36(44,21-26-40)31-13-15-32(37)16-14-31/h2-7,9-16,28,44H,8,17-27H2,1H3,(H,38,43)(H,39,42). The molecule has 3 N–H and O–H groups in total. The number of carbonyl (C=O) groups excluding carboxylic acids is 2. The van der Waals surface area contributed by atoms with Crippen LogP contribution >= 0.6 is 11.6 Å². The first kappa shape index (κ1) is 32.0. The van der Waals surface area contributed by atoms with Crippen LogP contribution in [-0.2, 0) is 15.8 Å². The molecule has 0 aliphatic carbocycles. The zero-order valence-corrected chi connectivity index (χ0v) is 26.4.